The zero-order valence-electron chi connectivity index (χ0n) is 10.7. The molecule has 1 aromatic heterocycles. The molecule has 0 saturated heterocycles. The number of para-hydroxylation sites is 1. The van der Waals surface area contributed by atoms with Crippen LogP contribution in [-0.2, 0) is 14.6 Å². The van der Waals surface area contributed by atoms with Crippen molar-refractivity contribution in [2.24, 2.45) is 0 Å². The van der Waals surface area contributed by atoms with Gasteiger partial charge in [0.15, 0.2) is 0 Å². The fourth-order valence-corrected chi connectivity index (χ4v) is 1.65. The number of rotatable bonds is 4. The van der Waals surface area contributed by atoms with Crippen LogP contribution in [0.25, 0.3) is 10.9 Å². The molecule has 0 aliphatic heterocycles. The van der Waals surface area contributed by atoms with Crippen molar-refractivity contribution in [3.8, 4) is 0 Å². The van der Waals surface area contributed by atoms with Crippen LogP contribution in [0.1, 0.15) is 19.8 Å². The summed E-state index contributed by atoms with van der Waals surface area (Å²) in [6.45, 7) is 1.96. The fraction of sp³-hybridized carbons (Fsp3) is 0.308. The van der Waals surface area contributed by atoms with Gasteiger partial charge in [-0.25, -0.2) is 4.18 Å². The van der Waals surface area contributed by atoms with Crippen LogP contribution in [0.15, 0.2) is 42.6 Å². The Morgan fingerprint density at radius 1 is 1.21 bits per heavy atom. The van der Waals surface area contributed by atoms with Crippen molar-refractivity contribution in [3.05, 3.63) is 42.6 Å². The van der Waals surface area contributed by atoms with Gasteiger partial charge < -0.3 is 0 Å². The van der Waals surface area contributed by atoms with Gasteiger partial charge in [-0.15, -0.1) is 0 Å². The van der Waals surface area contributed by atoms with E-state index in [1.165, 1.54) is 5.39 Å². The number of aromatic nitrogens is 1. The molecule has 0 unspecified atom stereocenters. The molecular formula is C13H17NO4S. The number of nitrogens with zero attached hydrogens (tertiary/aromatic N) is 1. The molecule has 1 N–H and O–H groups in total. The molecule has 0 aliphatic rings. The second-order valence-electron chi connectivity index (χ2n) is 3.80. The molecule has 0 bridgehead atoms. The molecule has 1 aromatic carbocycles. The van der Waals surface area contributed by atoms with Crippen LogP contribution in [0, 0.1) is 0 Å². The molecular weight excluding hydrogens is 266 g/mol. The third-order valence-corrected chi connectivity index (χ3v) is 2.71. The van der Waals surface area contributed by atoms with E-state index in [1.54, 1.807) is 0 Å². The topological polar surface area (TPSA) is 76.5 Å². The van der Waals surface area contributed by atoms with E-state index < -0.39 is 10.4 Å². The lowest BCUT2D eigenvalue weighted by atomic mass is 10.2. The number of benzene rings is 1. The summed E-state index contributed by atoms with van der Waals surface area (Å²) in [5, 5.41) is 1.20. The first-order valence-electron chi connectivity index (χ1n) is 5.94. The Balaban J connectivity index is 0.000000192. The Hall–Kier alpha value is -1.50. The van der Waals surface area contributed by atoms with Gasteiger partial charge in [-0.1, -0.05) is 37.6 Å². The average Bonchev–Trinajstić information content (AvgIpc) is 2.39. The fourth-order valence-electron chi connectivity index (χ4n) is 1.32. The van der Waals surface area contributed by atoms with Gasteiger partial charge in [-0.05, 0) is 18.6 Å². The summed E-state index contributed by atoms with van der Waals surface area (Å²) in [7, 11) is -4.20. The number of pyridine rings is 1. The maximum absolute atomic E-state index is 9.84. The first-order valence-corrected chi connectivity index (χ1v) is 7.31. The SMILES string of the molecule is CCCCOS(=O)(=O)O.c1ccc2ncccc2c1. The lowest BCUT2D eigenvalue weighted by Crippen LogP contribution is -2.04. The average molecular weight is 283 g/mol. The second-order valence-corrected chi connectivity index (χ2v) is 4.89. The first-order chi connectivity index (χ1) is 9.03. The van der Waals surface area contributed by atoms with Crippen molar-refractivity contribution >= 4 is 21.3 Å². The summed E-state index contributed by atoms with van der Waals surface area (Å²) in [5.41, 5.74) is 1.06. The molecule has 1 heterocycles. The molecule has 104 valence electrons. The zero-order valence-corrected chi connectivity index (χ0v) is 11.5. The molecule has 0 atom stereocenters. The van der Waals surface area contributed by atoms with Gasteiger partial charge in [0.25, 0.3) is 0 Å². The van der Waals surface area contributed by atoms with Crippen molar-refractivity contribution in [1.29, 1.82) is 0 Å². The third kappa shape index (κ3) is 6.85. The number of fused-ring (bicyclic) bond motifs is 1. The summed E-state index contributed by atoms with van der Waals surface area (Å²) < 4.78 is 31.7. The lowest BCUT2D eigenvalue weighted by molar-refractivity contribution is 0.264. The number of hydrogen-bond acceptors (Lipinski definition) is 4. The molecule has 0 fully saturated rings. The summed E-state index contributed by atoms with van der Waals surface area (Å²) in [6.07, 6.45) is 3.29. The highest BCUT2D eigenvalue weighted by Gasteiger charge is 2.01. The Morgan fingerprint density at radius 3 is 2.53 bits per heavy atom. The molecule has 2 aromatic rings. The minimum Gasteiger partial charge on any atom is -0.264 e. The van der Waals surface area contributed by atoms with E-state index in [2.05, 4.69) is 21.3 Å². The van der Waals surface area contributed by atoms with Crippen molar-refractivity contribution in [2.75, 3.05) is 6.61 Å². The molecule has 0 saturated carbocycles. The summed E-state index contributed by atoms with van der Waals surface area (Å²) >= 11 is 0. The Morgan fingerprint density at radius 2 is 1.89 bits per heavy atom. The van der Waals surface area contributed by atoms with Crippen LogP contribution < -0.4 is 0 Å². The van der Waals surface area contributed by atoms with Crippen molar-refractivity contribution in [2.45, 2.75) is 19.8 Å². The highest BCUT2D eigenvalue weighted by atomic mass is 32.3. The van der Waals surface area contributed by atoms with Crippen molar-refractivity contribution in [1.82, 2.24) is 4.98 Å². The quantitative estimate of drug-likeness (QED) is 0.689. The standard InChI is InChI=1S/C9H7N.C4H10O4S/c1-2-6-9-8(4-1)5-3-7-10-9;1-2-3-4-8-9(5,6)7/h1-7H;2-4H2,1H3,(H,5,6,7). The molecule has 2 rings (SSSR count). The smallest absolute Gasteiger partial charge is 0.264 e. The van der Waals surface area contributed by atoms with E-state index in [1.807, 2.05) is 37.4 Å². The predicted octanol–water partition coefficient (Wildman–Crippen LogP) is 2.84. The normalized spacial score (nSPS) is 10.8. The highest BCUT2D eigenvalue weighted by molar-refractivity contribution is 7.80. The van der Waals surface area contributed by atoms with E-state index in [9.17, 15) is 8.42 Å². The van der Waals surface area contributed by atoms with E-state index in [0.29, 0.717) is 6.42 Å². The van der Waals surface area contributed by atoms with Crippen LogP contribution in [0.2, 0.25) is 0 Å². The van der Waals surface area contributed by atoms with Gasteiger partial charge in [0.05, 0.1) is 12.1 Å². The monoisotopic (exact) mass is 283 g/mol. The molecule has 0 aliphatic carbocycles. The van der Waals surface area contributed by atoms with Gasteiger partial charge >= 0.3 is 10.4 Å². The minimum absolute atomic E-state index is 0.0648. The summed E-state index contributed by atoms with van der Waals surface area (Å²) in [4.78, 5) is 4.18. The number of hydrogen-bond donors (Lipinski definition) is 1. The first kappa shape index (κ1) is 15.6. The second kappa shape index (κ2) is 7.83. The van der Waals surface area contributed by atoms with Crippen LogP contribution in [0.5, 0.6) is 0 Å². The van der Waals surface area contributed by atoms with E-state index in [-0.39, 0.29) is 6.61 Å². The van der Waals surface area contributed by atoms with E-state index in [0.717, 1.165) is 11.9 Å². The number of unbranched alkanes of at least 4 members (excludes halogenated alkanes) is 1. The van der Waals surface area contributed by atoms with Crippen LogP contribution in [0.4, 0.5) is 0 Å². The van der Waals surface area contributed by atoms with Gasteiger partial charge in [-0.2, -0.15) is 8.42 Å². The predicted molar refractivity (Wildman–Crippen MR) is 74.2 cm³/mol. The van der Waals surface area contributed by atoms with Gasteiger partial charge in [0, 0.05) is 11.6 Å². The zero-order chi connectivity index (χ0) is 14.1. The van der Waals surface area contributed by atoms with Gasteiger partial charge in [0.1, 0.15) is 0 Å². The van der Waals surface area contributed by atoms with Crippen LogP contribution >= 0.6 is 0 Å². The highest BCUT2D eigenvalue weighted by Crippen LogP contribution is 2.07. The van der Waals surface area contributed by atoms with Crippen LogP contribution in [0.3, 0.4) is 0 Å². The Kier molecular flexibility index (Phi) is 6.41. The lowest BCUT2D eigenvalue weighted by Gasteiger charge is -1.95. The molecule has 0 spiro atoms. The summed E-state index contributed by atoms with van der Waals surface area (Å²) in [5.74, 6) is 0. The largest absolute Gasteiger partial charge is 0.397 e. The summed E-state index contributed by atoms with van der Waals surface area (Å²) in [6, 6.07) is 12.1. The van der Waals surface area contributed by atoms with Crippen molar-refractivity contribution in [3.63, 3.8) is 0 Å². The van der Waals surface area contributed by atoms with Gasteiger partial charge in [-0.3, -0.25) is 9.54 Å². The van der Waals surface area contributed by atoms with E-state index in [4.69, 9.17) is 4.55 Å². The Bertz CT molecular complexity index is 533. The van der Waals surface area contributed by atoms with Crippen molar-refractivity contribution < 1.29 is 17.2 Å². The Labute approximate surface area is 113 Å². The molecule has 0 amide bonds. The maximum atomic E-state index is 9.84. The molecule has 0 radical (unpaired) electrons. The minimum atomic E-state index is -4.20. The third-order valence-electron chi connectivity index (χ3n) is 2.24. The van der Waals surface area contributed by atoms with E-state index >= 15 is 0 Å². The molecule has 19 heavy (non-hydrogen) atoms. The maximum Gasteiger partial charge on any atom is 0.397 e. The molecule has 6 heteroatoms. The van der Waals surface area contributed by atoms with Crippen LogP contribution in [-0.4, -0.2) is 24.6 Å². The van der Waals surface area contributed by atoms with Gasteiger partial charge in [0.2, 0.25) is 0 Å². The molecule has 5 nitrogen and oxygen atoms in total.